The molecule has 0 unspecified atom stereocenters. The van der Waals surface area contributed by atoms with Crippen molar-refractivity contribution >= 4 is 22.7 Å². The molecule has 0 bridgehead atoms. The molecule has 8 N–H and O–H groups in total. The molecule has 1 rings (SSSR count). The van der Waals surface area contributed by atoms with Gasteiger partial charge in [0.15, 0.2) is 0 Å². The molecule has 0 saturated carbocycles. The molecule has 0 aliphatic heterocycles. The van der Waals surface area contributed by atoms with Gasteiger partial charge in [-0.1, -0.05) is 0 Å². The van der Waals surface area contributed by atoms with Gasteiger partial charge < -0.3 is 32.3 Å². The molecule has 0 saturated heterocycles. The van der Waals surface area contributed by atoms with Gasteiger partial charge in [0, 0.05) is 38.2 Å². The Kier molecular flexibility index (Phi) is 6.66. The lowest BCUT2D eigenvalue weighted by atomic mass is 10.0. The third-order valence-corrected chi connectivity index (χ3v) is 2.86. The summed E-state index contributed by atoms with van der Waals surface area (Å²) in [5.41, 5.74) is 12.4. The molecule has 0 heterocycles. The van der Waals surface area contributed by atoms with E-state index >= 15 is 0 Å². The van der Waals surface area contributed by atoms with Crippen molar-refractivity contribution in [1.29, 1.82) is 0 Å². The monoisotopic (exact) mass is 299 g/mol. The zero-order chi connectivity index (χ0) is 15.8. The summed E-state index contributed by atoms with van der Waals surface area (Å²) in [4.78, 5) is 10.7. The lowest BCUT2D eigenvalue weighted by Gasteiger charge is -2.17. The van der Waals surface area contributed by atoms with Gasteiger partial charge in [0.25, 0.3) is 5.69 Å². The van der Waals surface area contributed by atoms with Crippen LogP contribution < -0.4 is 22.1 Å². The van der Waals surface area contributed by atoms with E-state index in [1.807, 2.05) is 0 Å². The van der Waals surface area contributed by atoms with E-state index in [1.165, 1.54) is 0 Å². The Balaban J connectivity index is 3.36. The Morgan fingerprint density at radius 1 is 1.24 bits per heavy atom. The van der Waals surface area contributed by atoms with Crippen molar-refractivity contribution in [3.8, 4) is 0 Å². The fraction of sp³-hybridized carbons (Fsp3) is 0.500. The van der Waals surface area contributed by atoms with Crippen LogP contribution in [0.15, 0.2) is 6.07 Å². The van der Waals surface area contributed by atoms with E-state index in [-0.39, 0.29) is 43.2 Å². The van der Waals surface area contributed by atoms with Crippen molar-refractivity contribution in [2.45, 2.75) is 6.42 Å². The van der Waals surface area contributed by atoms with Gasteiger partial charge in [-0.3, -0.25) is 10.1 Å². The first-order chi connectivity index (χ1) is 10.1. The van der Waals surface area contributed by atoms with Gasteiger partial charge in [-0.25, -0.2) is 0 Å². The molecule has 0 fully saturated rings. The fourth-order valence-electron chi connectivity index (χ4n) is 1.98. The van der Waals surface area contributed by atoms with E-state index in [4.69, 9.17) is 21.7 Å². The number of nitrogens with two attached hydrogens (primary N) is 2. The molecule has 9 heteroatoms. The predicted octanol–water partition coefficient (Wildman–Crippen LogP) is -0.513. The number of aliphatic hydroxyl groups excluding tert-OH is 2. The first-order valence-corrected chi connectivity index (χ1v) is 6.56. The minimum atomic E-state index is -0.548. The molecule has 21 heavy (non-hydrogen) atoms. The van der Waals surface area contributed by atoms with E-state index in [2.05, 4.69) is 10.6 Å². The summed E-state index contributed by atoms with van der Waals surface area (Å²) in [6.45, 7) is 0.558. The number of nitrogen functional groups attached to an aromatic ring is 1. The van der Waals surface area contributed by atoms with Crippen LogP contribution in [0.2, 0.25) is 0 Å². The van der Waals surface area contributed by atoms with E-state index < -0.39 is 4.92 Å². The molecule has 0 spiro atoms. The van der Waals surface area contributed by atoms with Crippen LogP contribution in [0.5, 0.6) is 0 Å². The van der Waals surface area contributed by atoms with Crippen LogP contribution in [0.3, 0.4) is 0 Å². The second kappa shape index (κ2) is 8.25. The summed E-state index contributed by atoms with van der Waals surface area (Å²) in [6, 6.07) is 1.55. The van der Waals surface area contributed by atoms with Crippen LogP contribution in [-0.2, 0) is 6.42 Å². The van der Waals surface area contributed by atoms with Crippen LogP contribution in [0.4, 0.5) is 22.7 Å². The van der Waals surface area contributed by atoms with Crippen LogP contribution in [0, 0.1) is 10.1 Å². The number of nitrogens with one attached hydrogen (secondary N) is 2. The number of aliphatic hydroxyl groups is 2. The number of rotatable bonds is 9. The summed E-state index contributed by atoms with van der Waals surface area (Å²) < 4.78 is 0. The number of nitro groups is 1. The largest absolute Gasteiger partial charge is 0.396 e. The minimum Gasteiger partial charge on any atom is -0.396 e. The number of anilines is 3. The highest BCUT2D eigenvalue weighted by Crippen LogP contribution is 2.39. The quantitative estimate of drug-likeness (QED) is 0.202. The zero-order valence-corrected chi connectivity index (χ0v) is 11.6. The number of benzene rings is 1. The van der Waals surface area contributed by atoms with Gasteiger partial charge in [-0.15, -0.1) is 0 Å². The van der Waals surface area contributed by atoms with Crippen molar-refractivity contribution < 1.29 is 15.1 Å². The second-order valence-electron chi connectivity index (χ2n) is 4.32. The van der Waals surface area contributed by atoms with E-state index in [9.17, 15) is 10.1 Å². The highest BCUT2D eigenvalue weighted by Gasteiger charge is 2.24. The fourth-order valence-corrected chi connectivity index (χ4v) is 1.98. The predicted molar refractivity (Wildman–Crippen MR) is 81.4 cm³/mol. The maximum atomic E-state index is 11.3. The van der Waals surface area contributed by atoms with Crippen LogP contribution in [0.25, 0.3) is 0 Å². The molecule has 9 nitrogen and oxygen atoms in total. The molecule has 0 atom stereocenters. The Morgan fingerprint density at radius 2 is 1.95 bits per heavy atom. The average molecular weight is 299 g/mol. The van der Waals surface area contributed by atoms with E-state index in [1.54, 1.807) is 6.07 Å². The lowest BCUT2D eigenvalue weighted by Crippen LogP contribution is -2.17. The second-order valence-corrected chi connectivity index (χ2v) is 4.32. The Labute approximate surface area is 122 Å². The minimum absolute atomic E-state index is 0.127. The molecular formula is C12H21N5O4. The number of nitro benzene ring substituents is 1. The number of hydrogen-bond donors (Lipinski definition) is 6. The first kappa shape index (κ1) is 17.0. The van der Waals surface area contributed by atoms with Crippen LogP contribution in [-0.4, -0.2) is 48.0 Å². The standard InChI is InChI=1S/C12H21N5O4/c13-2-3-15-9-7-8(1-5-18)12(17(20)21)11(10(9)14)16-4-6-19/h7,15-16,18-19H,1-6,13-14H2. The normalized spacial score (nSPS) is 10.4. The molecule has 0 aromatic heterocycles. The van der Waals surface area contributed by atoms with E-state index in [0.717, 1.165) is 0 Å². The van der Waals surface area contributed by atoms with Gasteiger partial charge in [0.1, 0.15) is 5.69 Å². The van der Waals surface area contributed by atoms with Crippen LogP contribution >= 0.6 is 0 Å². The summed E-state index contributed by atoms with van der Waals surface area (Å²) in [7, 11) is 0. The summed E-state index contributed by atoms with van der Waals surface area (Å²) in [6.07, 6.45) is 0.127. The number of hydrogen-bond acceptors (Lipinski definition) is 8. The van der Waals surface area contributed by atoms with Gasteiger partial charge in [-0.2, -0.15) is 0 Å². The molecule has 0 amide bonds. The highest BCUT2D eigenvalue weighted by atomic mass is 16.6. The molecule has 1 aromatic carbocycles. The zero-order valence-electron chi connectivity index (χ0n) is 11.6. The number of nitrogens with zero attached hydrogens (tertiary/aromatic N) is 1. The Hall–Kier alpha value is -2.10. The summed E-state index contributed by atoms with van der Waals surface area (Å²) in [5, 5.41) is 35.0. The third-order valence-electron chi connectivity index (χ3n) is 2.86. The van der Waals surface area contributed by atoms with Crippen molar-refractivity contribution in [1.82, 2.24) is 0 Å². The Bertz CT molecular complexity index is 495. The topological polar surface area (TPSA) is 160 Å². The maximum absolute atomic E-state index is 11.3. The molecule has 0 aliphatic carbocycles. The summed E-state index contributed by atoms with van der Waals surface area (Å²) in [5.74, 6) is 0. The van der Waals surface area contributed by atoms with Crippen molar-refractivity contribution in [2.24, 2.45) is 5.73 Å². The van der Waals surface area contributed by atoms with Crippen molar-refractivity contribution in [3.63, 3.8) is 0 Å². The van der Waals surface area contributed by atoms with E-state index in [0.29, 0.717) is 24.3 Å². The van der Waals surface area contributed by atoms with Gasteiger partial charge >= 0.3 is 0 Å². The average Bonchev–Trinajstić information content (AvgIpc) is 2.45. The Morgan fingerprint density at radius 3 is 2.48 bits per heavy atom. The van der Waals surface area contributed by atoms with Gasteiger partial charge in [0.2, 0.25) is 0 Å². The maximum Gasteiger partial charge on any atom is 0.297 e. The molecule has 0 radical (unpaired) electrons. The van der Waals surface area contributed by atoms with Gasteiger partial charge in [-0.05, 0) is 6.07 Å². The third kappa shape index (κ3) is 4.18. The molecule has 1 aromatic rings. The van der Waals surface area contributed by atoms with Crippen molar-refractivity contribution in [3.05, 3.63) is 21.7 Å². The smallest absolute Gasteiger partial charge is 0.297 e. The van der Waals surface area contributed by atoms with Crippen molar-refractivity contribution in [2.75, 3.05) is 49.2 Å². The molecule has 0 aliphatic rings. The first-order valence-electron chi connectivity index (χ1n) is 6.56. The summed E-state index contributed by atoms with van der Waals surface area (Å²) >= 11 is 0. The molecule has 118 valence electrons. The van der Waals surface area contributed by atoms with Gasteiger partial charge in [0.05, 0.1) is 22.9 Å². The lowest BCUT2D eigenvalue weighted by molar-refractivity contribution is -0.384. The molecular weight excluding hydrogens is 278 g/mol. The van der Waals surface area contributed by atoms with Crippen LogP contribution in [0.1, 0.15) is 5.56 Å². The highest BCUT2D eigenvalue weighted by molar-refractivity contribution is 5.89. The SMILES string of the molecule is NCCNc1cc(CCO)c([N+](=O)[O-])c(NCCO)c1N.